The van der Waals surface area contributed by atoms with Crippen molar-refractivity contribution < 1.29 is 4.74 Å². The second kappa shape index (κ2) is 6.41. The predicted molar refractivity (Wildman–Crippen MR) is 80.6 cm³/mol. The summed E-state index contributed by atoms with van der Waals surface area (Å²) < 4.78 is 6.77. The average molecular weight is 302 g/mol. The standard InChI is InChI=1S/C13H20ClN3OS/c14-13-7-11(10-19-13)17-5-6-18-12(9-17)8-16-3-1-15-2-4-16/h7,10,12,15H,1-6,8-9H2. The maximum absolute atomic E-state index is 6.02. The first-order valence-corrected chi connectivity index (χ1v) is 8.11. The number of hydrogen-bond acceptors (Lipinski definition) is 5. The first-order chi connectivity index (χ1) is 9.31. The molecule has 6 heteroatoms. The van der Waals surface area contributed by atoms with Gasteiger partial charge in [0.25, 0.3) is 0 Å². The number of piperazine rings is 1. The number of ether oxygens (including phenoxy) is 1. The van der Waals surface area contributed by atoms with Crippen molar-refractivity contribution in [2.75, 3.05) is 57.3 Å². The molecule has 0 aromatic carbocycles. The van der Waals surface area contributed by atoms with Crippen LogP contribution >= 0.6 is 22.9 Å². The molecule has 1 unspecified atom stereocenters. The van der Waals surface area contributed by atoms with Gasteiger partial charge in [-0.3, -0.25) is 4.90 Å². The molecular weight excluding hydrogens is 282 g/mol. The highest BCUT2D eigenvalue weighted by molar-refractivity contribution is 7.14. The molecular formula is C13H20ClN3OS. The predicted octanol–water partition coefficient (Wildman–Crippen LogP) is 1.51. The van der Waals surface area contributed by atoms with Crippen LogP contribution in [-0.2, 0) is 4.74 Å². The van der Waals surface area contributed by atoms with Crippen molar-refractivity contribution in [3.05, 3.63) is 15.8 Å². The molecule has 0 spiro atoms. The minimum Gasteiger partial charge on any atom is -0.373 e. The molecule has 0 amide bonds. The highest BCUT2D eigenvalue weighted by atomic mass is 35.5. The molecule has 1 N–H and O–H groups in total. The molecule has 19 heavy (non-hydrogen) atoms. The molecule has 0 radical (unpaired) electrons. The lowest BCUT2D eigenvalue weighted by Crippen LogP contribution is -2.51. The van der Waals surface area contributed by atoms with Crippen molar-refractivity contribution in [3.8, 4) is 0 Å². The van der Waals surface area contributed by atoms with Crippen LogP contribution < -0.4 is 10.2 Å². The van der Waals surface area contributed by atoms with Crippen molar-refractivity contribution in [2.45, 2.75) is 6.10 Å². The van der Waals surface area contributed by atoms with Crippen LogP contribution in [0.15, 0.2) is 11.4 Å². The molecule has 0 bridgehead atoms. The summed E-state index contributed by atoms with van der Waals surface area (Å²) in [6, 6.07) is 2.05. The van der Waals surface area contributed by atoms with E-state index in [0.717, 1.165) is 56.8 Å². The van der Waals surface area contributed by atoms with E-state index >= 15 is 0 Å². The largest absolute Gasteiger partial charge is 0.373 e. The van der Waals surface area contributed by atoms with E-state index in [1.165, 1.54) is 5.69 Å². The Morgan fingerprint density at radius 1 is 1.37 bits per heavy atom. The summed E-state index contributed by atoms with van der Waals surface area (Å²) in [6.07, 6.45) is 0.311. The molecule has 2 aliphatic rings. The van der Waals surface area contributed by atoms with E-state index in [-0.39, 0.29) is 0 Å². The van der Waals surface area contributed by atoms with Gasteiger partial charge in [-0.15, -0.1) is 11.3 Å². The van der Waals surface area contributed by atoms with E-state index < -0.39 is 0 Å². The second-order valence-electron chi connectivity index (χ2n) is 5.10. The van der Waals surface area contributed by atoms with Gasteiger partial charge in [0.1, 0.15) is 0 Å². The summed E-state index contributed by atoms with van der Waals surface area (Å²) in [5.74, 6) is 0. The third-order valence-electron chi connectivity index (χ3n) is 3.73. The van der Waals surface area contributed by atoms with Gasteiger partial charge < -0.3 is 15.0 Å². The monoisotopic (exact) mass is 301 g/mol. The fourth-order valence-corrected chi connectivity index (χ4v) is 3.60. The van der Waals surface area contributed by atoms with Crippen molar-refractivity contribution >= 4 is 28.6 Å². The minimum atomic E-state index is 0.311. The number of nitrogens with zero attached hydrogens (tertiary/aromatic N) is 2. The van der Waals surface area contributed by atoms with E-state index in [1.807, 2.05) is 0 Å². The van der Waals surface area contributed by atoms with Crippen LogP contribution in [0, 0.1) is 0 Å². The Bertz CT molecular complexity index is 408. The first kappa shape index (κ1) is 13.6. The average Bonchev–Trinajstić information content (AvgIpc) is 2.87. The highest BCUT2D eigenvalue weighted by Crippen LogP contribution is 2.28. The smallest absolute Gasteiger partial charge is 0.0949 e. The van der Waals surface area contributed by atoms with Gasteiger partial charge in [0.15, 0.2) is 0 Å². The Labute approximate surface area is 123 Å². The van der Waals surface area contributed by atoms with Crippen molar-refractivity contribution in [1.29, 1.82) is 0 Å². The van der Waals surface area contributed by atoms with Gasteiger partial charge in [-0.05, 0) is 6.07 Å². The topological polar surface area (TPSA) is 27.7 Å². The fraction of sp³-hybridized carbons (Fsp3) is 0.692. The van der Waals surface area contributed by atoms with Crippen LogP contribution in [-0.4, -0.2) is 63.4 Å². The fourth-order valence-electron chi connectivity index (χ4n) is 2.71. The van der Waals surface area contributed by atoms with Crippen LogP contribution in [0.4, 0.5) is 5.69 Å². The van der Waals surface area contributed by atoms with E-state index in [2.05, 4.69) is 26.6 Å². The van der Waals surface area contributed by atoms with Gasteiger partial charge in [0.2, 0.25) is 0 Å². The first-order valence-electron chi connectivity index (χ1n) is 6.85. The van der Waals surface area contributed by atoms with Crippen molar-refractivity contribution in [3.63, 3.8) is 0 Å². The van der Waals surface area contributed by atoms with Crippen LogP contribution in [0.1, 0.15) is 0 Å². The molecule has 2 aliphatic heterocycles. The van der Waals surface area contributed by atoms with E-state index in [0.29, 0.717) is 6.10 Å². The molecule has 3 heterocycles. The summed E-state index contributed by atoms with van der Waals surface area (Å²) in [6.45, 7) is 8.23. The number of hydrogen-bond donors (Lipinski definition) is 1. The normalized spacial score (nSPS) is 25.7. The molecule has 0 saturated carbocycles. The lowest BCUT2D eigenvalue weighted by atomic mass is 10.2. The molecule has 2 fully saturated rings. The van der Waals surface area contributed by atoms with Crippen molar-refractivity contribution in [1.82, 2.24) is 10.2 Å². The number of nitrogens with one attached hydrogen (secondary N) is 1. The zero-order chi connectivity index (χ0) is 13.1. The maximum atomic E-state index is 6.02. The Balaban J connectivity index is 1.55. The van der Waals surface area contributed by atoms with Gasteiger partial charge >= 0.3 is 0 Å². The number of anilines is 1. The zero-order valence-corrected chi connectivity index (χ0v) is 12.6. The number of morpholine rings is 1. The number of rotatable bonds is 3. The van der Waals surface area contributed by atoms with E-state index in [4.69, 9.17) is 16.3 Å². The lowest BCUT2D eigenvalue weighted by Gasteiger charge is -2.37. The molecule has 4 nitrogen and oxygen atoms in total. The quantitative estimate of drug-likeness (QED) is 0.916. The molecule has 106 valence electrons. The van der Waals surface area contributed by atoms with Gasteiger partial charge in [-0.1, -0.05) is 11.6 Å². The minimum absolute atomic E-state index is 0.311. The van der Waals surface area contributed by atoms with Crippen molar-refractivity contribution in [2.24, 2.45) is 0 Å². The summed E-state index contributed by atoms with van der Waals surface area (Å²) in [4.78, 5) is 4.88. The summed E-state index contributed by atoms with van der Waals surface area (Å²) in [5, 5.41) is 5.52. The molecule has 2 saturated heterocycles. The Morgan fingerprint density at radius 3 is 2.95 bits per heavy atom. The van der Waals surface area contributed by atoms with Gasteiger partial charge in [0, 0.05) is 56.9 Å². The van der Waals surface area contributed by atoms with E-state index in [1.54, 1.807) is 11.3 Å². The third-order valence-corrected chi connectivity index (χ3v) is 4.81. The second-order valence-corrected chi connectivity index (χ2v) is 6.64. The summed E-state index contributed by atoms with van der Waals surface area (Å²) in [7, 11) is 0. The third kappa shape index (κ3) is 3.61. The Hall–Kier alpha value is -0.330. The molecule has 1 atom stereocenters. The van der Waals surface area contributed by atoms with Gasteiger partial charge in [0.05, 0.1) is 17.0 Å². The SMILES string of the molecule is Clc1cc(N2CCOC(CN3CCNCC3)C2)cs1. The van der Waals surface area contributed by atoms with Crippen LogP contribution in [0.25, 0.3) is 0 Å². The summed E-state index contributed by atoms with van der Waals surface area (Å²) in [5.41, 5.74) is 1.24. The zero-order valence-electron chi connectivity index (χ0n) is 11.0. The Morgan fingerprint density at radius 2 is 2.21 bits per heavy atom. The van der Waals surface area contributed by atoms with E-state index in [9.17, 15) is 0 Å². The van der Waals surface area contributed by atoms with Gasteiger partial charge in [-0.25, -0.2) is 0 Å². The molecule has 1 aromatic heterocycles. The number of halogens is 1. The molecule has 0 aliphatic carbocycles. The summed E-state index contributed by atoms with van der Waals surface area (Å²) >= 11 is 7.62. The van der Waals surface area contributed by atoms with Crippen LogP contribution in [0.3, 0.4) is 0 Å². The molecule has 1 aromatic rings. The maximum Gasteiger partial charge on any atom is 0.0949 e. The number of thiophene rings is 1. The highest BCUT2D eigenvalue weighted by Gasteiger charge is 2.24. The van der Waals surface area contributed by atoms with Gasteiger partial charge in [-0.2, -0.15) is 0 Å². The van der Waals surface area contributed by atoms with Crippen LogP contribution in [0.2, 0.25) is 4.34 Å². The Kier molecular flexibility index (Phi) is 4.61. The van der Waals surface area contributed by atoms with Crippen LogP contribution in [0.5, 0.6) is 0 Å². The molecule has 3 rings (SSSR count). The lowest BCUT2D eigenvalue weighted by molar-refractivity contribution is 0.0135.